The summed E-state index contributed by atoms with van der Waals surface area (Å²) < 4.78 is 0. The van der Waals surface area contributed by atoms with Gasteiger partial charge in [0.25, 0.3) is 0 Å². The van der Waals surface area contributed by atoms with E-state index < -0.39 is 5.97 Å². The molecule has 0 atom stereocenters. The molecule has 30 heavy (non-hydrogen) atoms. The molecule has 3 nitrogen and oxygen atoms in total. The van der Waals surface area contributed by atoms with Crippen molar-refractivity contribution >= 4 is 5.97 Å². The van der Waals surface area contributed by atoms with Crippen molar-refractivity contribution in [2.75, 3.05) is 0 Å². The summed E-state index contributed by atoms with van der Waals surface area (Å²) in [6.07, 6.45) is 9.61. The van der Waals surface area contributed by atoms with Crippen LogP contribution in [0.4, 0.5) is 0 Å². The first-order valence-corrected chi connectivity index (χ1v) is 11.3. The van der Waals surface area contributed by atoms with Crippen molar-refractivity contribution in [3.05, 3.63) is 70.8 Å². The number of rotatable bonds is 13. The fourth-order valence-electron chi connectivity index (χ4n) is 3.29. The number of benzene rings is 2. The van der Waals surface area contributed by atoms with Crippen molar-refractivity contribution in [1.29, 1.82) is 0 Å². The Morgan fingerprint density at radius 2 is 1.40 bits per heavy atom. The SMILES string of the molecule is CCCCCCCCC#Cc1ccc(CNCc2ccc(CCC(=O)O)cc2)cc1. The maximum Gasteiger partial charge on any atom is 0.303 e. The van der Waals surface area contributed by atoms with Crippen molar-refractivity contribution < 1.29 is 9.90 Å². The molecule has 0 aliphatic heterocycles. The summed E-state index contributed by atoms with van der Waals surface area (Å²) in [5.41, 5.74) is 4.59. The third-order valence-corrected chi connectivity index (χ3v) is 5.15. The monoisotopic (exact) mass is 405 g/mol. The molecule has 0 fully saturated rings. The third kappa shape index (κ3) is 10.3. The molecule has 0 aliphatic rings. The first-order chi connectivity index (χ1) is 14.7. The van der Waals surface area contributed by atoms with E-state index in [4.69, 9.17) is 5.11 Å². The molecule has 0 aliphatic carbocycles. The second kappa shape index (κ2) is 14.4. The van der Waals surface area contributed by atoms with E-state index in [1.165, 1.54) is 49.7 Å². The Morgan fingerprint density at radius 3 is 2.03 bits per heavy atom. The minimum atomic E-state index is -0.754. The van der Waals surface area contributed by atoms with E-state index in [0.29, 0.717) is 6.42 Å². The molecule has 0 amide bonds. The van der Waals surface area contributed by atoms with Crippen LogP contribution in [0.1, 0.15) is 80.5 Å². The van der Waals surface area contributed by atoms with E-state index in [2.05, 4.69) is 60.5 Å². The standard InChI is InChI=1S/C27H35NO2/c1-2-3-4-5-6-7-8-9-10-23-11-15-25(16-12-23)21-28-22-26-17-13-24(14-18-26)19-20-27(29)30/h11-18,28H,2-8,19-22H2,1H3,(H,29,30). The highest BCUT2D eigenvalue weighted by Crippen LogP contribution is 2.09. The predicted octanol–water partition coefficient (Wildman–Crippen LogP) is 6.10. The van der Waals surface area contributed by atoms with Gasteiger partial charge in [0.2, 0.25) is 0 Å². The lowest BCUT2D eigenvalue weighted by molar-refractivity contribution is -0.136. The number of aryl methyl sites for hydroxylation is 1. The van der Waals surface area contributed by atoms with Crippen LogP contribution in [0.2, 0.25) is 0 Å². The summed E-state index contributed by atoms with van der Waals surface area (Å²) in [7, 11) is 0. The van der Waals surface area contributed by atoms with Crippen LogP contribution in [0.15, 0.2) is 48.5 Å². The molecule has 0 heterocycles. The molecule has 0 aromatic heterocycles. The summed E-state index contributed by atoms with van der Waals surface area (Å²) in [5, 5.41) is 12.2. The molecule has 0 saturated carbocycles. The molecule has 160 valence electrons. The molecule has 2 N–H and O–H groups in total. The average molecular weight is 406 g/mol. The lowest BCUT2D eigenvalue weighted by Crippen LogP contribution is -2.12. The van der Waals surface area contributed by atoms with Crippen LogP contribution in [0.25, 0.3) is 0 Å². The van der Waals surface area contributed by atoms with Gasteiger partial charge in [-0.05, 0) is 41.7 Å². The fraction of sp³-hybridized carbons (Fsp3) is 0.444. The zero-order valence-electron chi connectivity index (χ0n) is 18.3. The van der Waals surface area contributed by atoms with Crippen LogP contribution >= 0.6 is 0 Å². The summed E-state index contributed by atoms with van der Waals surface area (Å²) in [4.78, 5) is 10.6. The minimum absolute atomic E-state index is 0.178. The molecular weight excluding hydrogens is 370 g/mol. The maximum atomic E-state index is 10.6. The number of carboxylic acid groups (broad SMARTS) is 1. The molecule has 2 aromatic carbocycles. The van der Waals surface area contributed by atoms with E-state index in [-0.39, 0.29) is 6.42 Å². The normalized spacial score (nSPS) is 10.4. The lowest BCUT2D eigenvalue weighted by Gasteiger charge is -2.06. The maximum absolute atomic E-state index is 10.6. The van der Waals surface area contributed by atoms with Crippen molar-refractivity contribution in [2.24, 2.45) is 0 Å². The highest BCUT2D eigenvalue weighted by atomic mass is 16.4. The van der Waals surface area contributed by atoms with Crippen molar-refractivity contribution in [2.45, 2.75) is 77.8 Å². The van der Waals surface area contributed by atoms with E-state index in [9.17, 15) is 4.79 Å². The Morgan fingerprint density at radius 1 is 0.833 bits per heavy atom. The summed E-state index contributed by atoms with van der Waals surface area (Å²) >= 11 is 0. The predicted molar refractivity (Wildman–Crippen MR) is 124 cm³/mol. The van der Waals surface area contributed by atoms with Gasteiger partial charge < -0.3 is 10.4 Å². The topological polar surface area (TPSA) is 49.3 Å². The zero-order valence-corrected chi connectivity index (χ0v) is 18.3. The lowest BCUT2D eigenvalue weighted by atomic mass is 10.1. The van der Waals surface area contributed by atoms with E-state index >= 15 is 0 Å². The van der Waals surface area contributed by atoms with E-state index in [0.717, 1.165) is 30.6 Å². The highest BCUT2D eigenvalue weighted by Gasteiger charge is 2.00. The van der Waals surface area contributed by atoms with Gasteiger partial charge in [0.15, 0.2) is 0 Å². The van der Waals surface area contributed by atoms with E-state index in [1.54, 1.807) is 0 Å². The van der Waals surface area contributed by atoms with Gasteiger partial charge in [-0.3, -0.25) is 4.79 Å². The summed E-state index contributed by atoms with van der Waals surface area (Å²) in [6, 6.07) is 16.6. The first kappa shape index (κ1) is 23.7. The van der Waals surface area contributed by atoms with Crippen LogP contribution < -0.4 is 5.32 Å². The Balaban J connectivity index is 1.65. The summed E-state index contributed by atoms with van der Waals surface area (Å²) in [6.45, 7) is 3.85. The average Bonchev–Trinajstić information content (AvgIpc) is 2.76. The third-order valence-electron chi connectivity index (χ3n) is 5.15. The van der Waals surface area contributed by atoms with Gasteiger partial charge in [-0.1, -0.05) is 87.3 Å². The highest BCUT2D eigenvalue weighted by molar-refractivity contribution is 5.67. The molecule has 2 aromatic rings. The Bertz CT molecular complexity index is 797. The smallest absolute Gasteiger partial charge is 0.303 e. The van der Waals surface area contributed by atoms with Crippen LogP contribution in [0, 0.1) is 11.8 Å². The van der Waals surface area contributed by atoms with Gasteiger partial charge in [0, 0.05) is 31.5 Å². The number of unbranched alkanes of at least 4 members (excludes halogenated alkanes) is 6. The molecule has 0 bridgehead atoms. The van der Waals surface area contributed by atoms with Gasteiger partial charge in [0.1, 0.15) is 0 Å². The fourth-order valence-corrected chi connectivity index (χ4v) is 3.29. The number of carbonyl (C=O) groups is 1. The summed E-state index contributed by atoms with van der Waals surface area (Å²) in [5.74, 6) is 5.82. The van der Waals surface area contributed by atoms with Crippen molar-refractivity contribution in [3.8, 4) is 11.8 Å². The molecule has 0 unspecified atom stereocenters. The Labute approximate surface area is 181 Å². The molecule has 0 spiro atoms. The molecule has 2 rings (SSSR count). The van der Waals surface area contributed by atoms with Gasteiger partial charge >= 0.3 is 5.97 Å². The number of nitrogens with one attached hydrogen (secondary N) is 1. The molecule has 0 saturated heterocycles. The van der Waals surface area contributed by atoms with Gasteiger partial charge in [-0.25, -0.2) is 0 Å². The van der Waals surface area contributed by atoms with Crippen LogP contribution in [-0.2, 0) is 24.3 Å². The first-order valence-electron chi connectivity index (χ1n) is 11.3. The molecule has 3 heteroatoms. The van der Waals surface area contributed by atoms with Gasteiger partial charge in [-0.15, -0.1) is 0 Å². The molecular formula is C27H35NO2. The van der Waals surface area contributed by atoms with Crippen LogP contribution in [0.3, 0.4) is 0 Å². The minimum Gasteiger partial charge on any atom is -0.481 e. The van der Waals surface area contributed by atoms with Gasteiger partial charge in [-0.2, -0.15) is 0 Å². The second-order valence-electron chi connectivity index (χ2n) is 7.83. The Hall–Kier alpha value is -2.57. The quantitative estimate of drug-likeness (QED) is 0.313. The molecule has 0 radical (unpaired) electrons. The van der Waals surface area contributed by atoms with Crippen LogP contribution in [0.5, 0.6) is 0 Å². The Kier molecular flexibility index (Phi) is 11.4. The van der Waals surface area contributed by atoms with Crippen molar-refractivity contribution in [3.63, 3.8) is 0 Å². The van der Waals surface area contributed by atoms with E-state index in [1.807, 2.05) is 12.1 Å². The second-order valence-corrected chi connectivity index (χ2v) is 7.83. The van der Waals surface area contributed by atoms with Gasteiger partial charge in [0.05, 0.1) is 0 Å². The largest absolute Gasteiger partial charge is 0.481 e. The number of aliphatic carboxylic acids is 1. The zero-order chi connectivity index (χ0) is 21.4. The number of hydrogen-bond donors (Lipinski definition) is 2. The number of hydrogen-bond acceptors (Lipinski definition) is 2. The van der Waals surface area contributed by atoms with Crippen molar-refractivity contribution in [1.82, 2.24) is 5.32 Å². The van der Waals surface area contributed by atoms with Crippen LogP contribution in [-0.4, -0.2) is 11.1 Å². The number of carboxylic acids is 1.